The average Bonchev–Trinajstić information content (AvgIpc) is 2.53. The molecular weight excluding hydrogens is 268 g/mol. The minimum atomic E-state index is 0.0322. The van der Waals surface area contributed by atoms with E-state index in [-0.39, 0.29) is 12.4 Å². The van der Waals surface area contributed by atoms with Gasteiger partial charge in [0.25, 0.3) is 0 Å². The molecule has 0 fully saturated rings. The van der Waals surface area contributed by atoms with Crippen LogP contribution in [0.1, 0.15) is 5.56 Å². The van der Waals surface area contributed by atoms with E-state index in [0.29, 0.717) is 18.0 Å². The average molecular weight is 284 g/mol. The quantitative estimate of drug-likeness (QED) is 0.853. The predicted octanol–water partition coefficient (Wildman–Crippen LogP) is 2.92. The van der Waals surface area contributed by atoms with E-state index in [2.05, 4.69) is 5.32 Å². The Hall–Kier alpha value is -2.87. The molecule has 2 aromatic rings. The normalized spacial score (nSPS) is 9.71. The minimum absolute atomic E-state index is 0.0322. The fourth-order valence-corrected chi connectivity index (χ4v) is 1.81. The van der Waals surface area contributed by atoms with Crippen LogP contribution in [0.4, 0.5) is 5.69 Å². The predicted molar refractivity (Wildman–Crippen MR) is 79.5 cm³/mol. The van der Waals surface area contributed by atoms with E-state index in [1.807, 2.05) is 18.2 Å². The van der Waals surface area contributed by atoms with Gasteiger partial charge < -0.3 is 19.9 Å². The lowest BCUT2D eigenvalue weighted by Crippen LogP contribution is -2.00. The molecule has 2 rings (SSSR count). The highest BCUT2D eigenvalue weighted by molar-refractivity contribution is 5.48. The third-order valence-electron chi connectivity index (χ3n) is 2.93. The standard InChI is InChI=1S/C16H16N2O3/c1-20-15-6-7-16(19)12(10-15)11-18-13-2-4-14(5-3-13)21-9-8-17/h2-7,10,18-19H,9,11H2,1H3. The van der Waals surface area contributed by atoms with Crippen LogP contribution < -0.4 is 14.8 Å². The van der Waals surface area contributed by atoms with E-state index in [0.717, 1.165) is 11.3 Å². The molecule has 0 heterocycles. The zero-order chi connectivity index (χ0) is 15.1. The largest absolute Gasteiger partial charge is 0.508 e. The van der Waals surface area contributed by atoms with Gasteiger partial charge in [0.2, 0.25) is 0 Å². The van der Waals surface area contributed by atoms with Gasteiger partial charge in [-0.2, -0.15) is 5.26 Å². The second kappa shape index (κ2) is 7.06. The summed E-state index contributed by atoms with van der Waals surface area (Å²) in [4.78, 5) is 0. The van der Waals surface area contributed by atoms with Crippen LogP contribution >= 0.6 is 0 Å². The summed E-state index contributed by atoms with van der Waals surface area (Å²) in [6.07, 6.45) is 0. The highest BCUT2D eigenvalue weighted by Crippen LogP contribution is 2.24. The highest BCUT2D eigenvalue weighted by Gasteiger charge is 2.03. The lowest BCUT2D eigenvalue weighted by atomic mass is 10.2. The summed E-state index contributed by atoms with van der Waals surface area (Å²) in [6, 6.07) is 14.3. The Balaban J connectivity index is 1.98. The van der Waals surface area contributed by atoms with Crippen LogP contribution in [0, 0.1) is 11.3 Å². The van der Waals surface area contributed by atoms with Gasteiger partial charge in [-0.05, 0) is 42.5 Å². The van der Waals surface area contributed by atoms with Gasteiger partial charge in [0.05, 0.1) is 7.11 Å². The number of phenols is 1. The van der Waals surface area contributed by atoms with Crippen molar-refractivity contribution in [2.45, 2.75) is 6.54 Å². The first-order chi connectivity index (χ1) is 10.2. The molecule has 0 radical (unpaired) electrons. The van der Waals surface area contributed by atoms with Gasteiger partial charge in [-0.25, -0.2) is 0 Å². The first-order valence-electron chi connectivity index (χ1n) is 6.42. The monoisotopic (exact) mass is 284 g/mol. The Labute approximate surface area is 123 Å². The maximum atomic E-state index is 9.80. The first kappa shape index (κ1) is 14.5. The number of methoxy groups -OCH3 is 1. The van der Waals surface area contributed by atoms with E-state index >= 15 is 0 Å². The SMILES string of the molecule is COc1ccc(O)c(CNc2ccc(OCC#N)cc2)c1. The smallest absolute Gasteiger partial charge is 0.174 e. The van der Waals surface area contributed by atoms with Crippen molar-refractivity contribution in [1.29, 1.82) is 5.26 Å². The number of rotatable bonds is 6. The van der Waals surface area contributed by atoms with E-state index < -0.39 is 0 Å². The number of nitrogens with one attached hydrogen (secondary N) is 1. The number of nitrogens with zero attached hydrogens (tertiary/aromatic N) is 1. The van der Waals surface area contributed by atoms with Gasteiger partial charge in [-0.15, -0.1) is 0 Å². The fourth-order valence-electron chi connectivity index (χ4n) is 1.81. The van der Waals surface area contributed by atoms with Crippen molar-refractivity contribution < 1.29 is 14.6 Å². The number of aromatic hydroxyl groups is 1. The zero-order valence-corrected chi connectivity index (χ0v) is 11.7. The van der Waals surface area contributed by atoms with Crippen LogP contribution in [0.2, 0.25) is 0 Å². The van der Waals surface area contributed by atoms with Crippen molar-refractivity contribution in [3.05, 3.63) is 48.0 Å². The van der Waals surface area contributed by atoms with Crippen LogP contribution in [0.5, 0.6) is 17.2 Å². The van der Waals surface area contributed by atoms with Gasteiger partial charge in [-0.3, -0.25) is 0 Å². The summed E-state index contributed by atoms with van der Waals surface area (Å²) < 4.78 is 10.3. The topological polar surface area (TPSA) is 74.5 Å². The Morgan fingerprint density at radius 2 is 1.86 bits per heavy atom. The minimum Gasteiger partial charge on any atom is -0.508 e. The molecule has 0 aliphatic heterocycles. The molecule has 108 valence electrons. The summed E-state index contributed by atoms with van der Waals surface area (Å²) in [5, 5.41) is 21.4. The van der Waals surface area contributed by atoms with Crippen molar-refractivity contribution in [1.82, 2.24) is 0 Å². The molecule has 0 spiro atoms. The third-order valence-corrected chi connectivity index (χ3v) is 2.93. The molecule has 2 N–H and O–H groups in total. The molecule has 5 heteroatoms. The van der Waals surface area contributed by atoms with Crippen molar-refractivity contribution in [2.75, 3.05) is 19.0 Å². The Kier molecular flexibility index (Phi) is 4.89. The van der Waals surface area contributed by atoms with Gasteiger partial charge in [-0.1, -0.05) is 0 Å². The highest BCUT2D eigenvalue weighted by atomic mass is 16.5. The lowest BCUT2D eigenvalue weighted by molar-refractivity contribution is 0.368. The van der Waals surface area contributed by atoms with Gasteiger partial charge in [0, 0.05) is 17.8 Å². The number of anilines is 1. The van der Waals surface area contributed by atoms with E-state index in [9.17, 15) is 5.11 Å². The van der Waals surface area contributed by atoms with Gasteiger partial charge in [0.15, 0.2) is 6.61 Å². The van der Waals surface area contributed by atoms with Crippen LogP contribution in [-0.2, 0) is 6.54 Å². The molecule has 0 saturated heterocycles. The van der Waals surface area contributed by atoms with E-state index in [1.54, 1.807) is 37.4 Å². The van der Waals surface area contributed by atoms with Crippen LogP contribution in [0.3, 0.4) is 0 Å². The van der Waals surface area contributed by atoms with E-state index in [4.69, 9.17) is 14.7 Å². The first-order valence-corrected chi connectivity index (χ1v) is 6.42. The van der Waals surface area contributed by atoms with Gasteiger partial charge >= 0.3 is 0 Å². The lowest BCUT2D eigenvalue weighted by Gasteiger charge is -2.10. The molecule has 0 unspecified atom stereocenters. The van der Waals surface area contributed by atoms with Crippen LogP contribution in [0.15, 0.2) is 42.5 Å². The molecule has 0 aliphatic carbocycles. The molecule has 5 nitrogen and oxygen atoms in total. The maximum absolute atomic E-state index is 9.80. The summed E-state index contributed by atoms with van der Waals surface area (Å²) in [7, 11) is 1.59. The Morgan fingerprint density at radius 1 is 1.14 bits per heavy atom. The molecule has 0 aliphatic rings. The van der Waals surface area contributed by atoms with Gasteiger partial charge in [0.1, 0.15) is 23.3 Å². The zero-order valence-electron chi connectivity index (χ0n) is 11.7. The molecule has 2 aromatic carbocycles. The molecule has 0 atom stereocenters. The molecule has 0 saturated carbocycles. The van der Waals surface area contributed by atoms with Crippen LogP contribution in [0.25, 0.3) is 0 Å². The van der Waals surface area contributed by atoms with Crippen LogP contribution in [-0.4, -0.2) is 18.8 Å². The van der Waals surface area contributed by atoms with E-state index in [1.165, 1.54) is 0 Å². The summed E-state index contributed by atoms with van der Waals surface area (Å²) in [5.41, 5.74) is 1.64. The summed E-state index contributed by atoms with van der Waals surface area (Å²) >= 11 is 0. The third kappa shape index (κ3) is 4.05. The molecular formula is C16H16N2O3. The maximum Gasteiger partial charge on any atom is 0.174 e. The molecule has 21 heavy (non-hydrogen) atoms. The molecule has 0 aromatic heterocycles. The number of hydrogen-bond donors (Lipinski definition) is 2. The van der Waals surface area contributed by atoms with Crippen molar-refractivity contribution in [3.8, 4) is 23.3 Å². The summed E-state index contributed by atoms with van der Waals surface area (Å²) in [6.45, 7) is 0.506. The summed E-state index contributed by atoms with van der Waals surface area (Å²) in [5.74, 6) is 1.56. The number of hydrogen-bond acceptors (Lipinski definition) is 5. The number of phenolic OH excluding ortho intramolecular Hbond substituents is 1. The molecule has 0 bridgehead atoms. The fraction of sp³-hybridized carbons (Fsp3) is 0.188. The van der Waals surface area contributed by atoms with Crippen molar-refractivity contribution in [3.63, 3.8) is 0 Å². The second-order valence-corrected chi connectivity index (χ2v) is 4.32. The van der Waals surface area contributed by atoms with Crippen molar-refractivity contribution >= 4 is 5.69 Å². The van der Waals surface area contributed by atoms with Crippen molar-refractivity contribution in [2.24, 2.45) is 0 Å². The Morgan fingerprint density at radius 3 is 2.52 bits per heavy atom. The number of benzene rings is 2. The molecule has 0 amide bonds. The second-order valence-electron chi connectivity index (χ2n) is 4.32. The number of nitriles is 1. The Bertz CT molecular complexity index is 633. The number of ether oxygens (including phenoxy) is 2.